The summed E-state index contributed by atoms with van der Waals surface area (Å²) < 4.78 is 23.6. The average molecular weight is 277 g/mol. The molecule has 0 aromatic heterocycles. The van der Waals surface area contributed by atoms with Gasteiger partial charge in [0, 0.05) is 0 Å². The minimum absolute atomic E-state index is 0.247. The third-order valence-electron chi connectivity index (χ3n) is 3.21. The first-order chi connectivity index (χ1) is 8.29. The smallest absolute Gasteiger partial charge is 0.152 e. The Morgan fingerprint density at radius 2 is 1.61 bits per heavy atom. The first-order valence-corrected chi connectivity index (χ1v) is 8.93. The lowest BCUT2D eigenvalue weighted by Gasteiger charge is -2.18. The maximum Gasteiger partial charge on any atom is 0.152 e. The minimum atomic E-state index is -2.88. The van der Waals surface area contributed by atoms with Crippen molar-refractivity contribution in [3.05, 3.63) is 0 Å². The summed E-state index contributed by atoms with van der Waals surface area (Å²) in [7, 11) is -2.88. The van der Waals surface area contributed by atoms with Gasteiger partial charge in [0.05, 0.1) is 11.0 Å². The van der Waals surface area contributed by atoms with Crippen molar-refractivity contribution in [2.24, 2.45) is 11.8 Å². The molecule has 0 aliphatic heterocycles. The van der Waals surface area contributed by atoms with Crippen LogP contribution in [0.5, 0.6) is 0 Å². The summed E-state index contributed by atoms with van der Waals surface area (Å²) in [4.78, 5) is 0. The van der Waals surface area contributed by atoms with Crippen LogP contribution in [0.15, 0.2) is 0 Å². The first-order valence-electron chi connectivity index (χ1n) is 7.21. The molecule has 0 aliphatic carbocycles. The lowest BCUT2D eigenvalue weighted by Crippen LogP contribution is -2.28. The van der Waals surface area contributed by atoms with Gasteiger partial charge in [-0.25, -0.2) is 8.42 Å². The third-order valence-corrected chi connectivity index (χ3v) is 5.45. The Kier molecular flexibility index (Phi) is 8.87. The van der Waals surface area contributed by atoms with Crippen LogP contribution in [0.1, 0.15) is 53.9 Å². The molecular weight excluding hydrogens is 246 g/mol. The number of hydrogen-bond acceptors (Lipinski definition) is 3. The number of nitrogens with one attached hydrogen (secondary N) is 1. The molecule has 0 fully saturated rings. The monoisotopic (exact) mass is 277 g/mol. The van der Waals surface area contributed by atoms with E-state index in [9.17, 15) is 8.42 Å². The maximum atomic E-state index is 11.8. The van der Waals surface area contributed by atoms with Crippen LogP contribution in [0.4, 0.5) is 0 Å². The van der Waals surface area contributed by atoms with Crippen LogP contribution in [-0.2, 0) is 9.84 Å². The molecule has 110 valence electrons. The Labute approximate surface area is 114 Å². The zero-order chi connectivity index (χ0) is 14.2. The fraction of sp³-hybridized carbons (Fsp3) is 1.00. The van der Waals surface area contributed by atoms with E-state index in [1.54, 1.807) is 13.8 Å². The average Bonchev–Trinajstić information content (AvgIpc) is 2.25. The topological polar surface area (TPSA) is 46.2 Å². The molecule has 0 amide bonds. The van der Waals surface area contributed by atoms with Crippen molar-refractivity contribution in [2.75, 3.05) is 18.8 Å². The van der Waals surface area contributed by atoms with Gasteiger partial charge in [0.25, 0.3) is 0 Å². The summed E-state index contributed by atoms with van der Waals surface area (Å²) in [5.41, 5.74) is 0. The standard InChI is InChI=1S/C14H31NO2S/c1-6-7-14(11-15-10-12(2)3)8-9-18(16,17)13(4)5/h12-15H,6-11H2,1-5H3. The van der Waals surface area contributed by atoms with E-state index in [0.29, 0.717) is 17.6 Å². The second-order valence-electron chi connectivity index (χ2n) is 5.91. The van der Waals surface area contributed by atoms with Crippen molar-refractivity contribution >= 4 is 9.84 Å². The van der Waals surface area contributed by atoms with Crippen LogP contribution in [0.3, 0.4) is 0 Å². The second-order valence-corrected chi connectivity index (χ2v) is 8.59. The highest BCUT2D eigenvalue weighted by Gasteiger charge is 2.18. The van der Waals surface area contributed by atoms with Gasteiger partial charge in [-0.2, -0.15) is 0 Å². The van der Waals surface area contributed by atoms with Crippen molar-refractivity contribution in [3.8, 4) is 0 Å². The van der Waals surface area contributed by atoms with Gasteiger partial charge in [0.15, 0.2) is 9.84 Å². The van der Waals surface area contributed by atoms with Gasteiger partial charge in [-0.05, 0) is 51.6 Å². The lowest BCUT2D eigenvalue weighted by molar-refractivity contribution is 0.412. The van der Waals surface area contributed by atoms with Gasteiger partial charge in [-0.15, -0.1) is 0 Å². The Morgan fingerprint density at radius 3 is 2.06 bits per heavy atom. The van der Waals surface area contributed by atoms with Crippen LogP contribution >= 0.6 is 0 Å². The highest BCUT2D eigenvalue weighted by molar-refractivity contribution is 7.91. The Bertz CT molecular complexity index is 297. The van der Waals surface area contributed by atoms with Gasteiger partial charge in [0.1, 0.15) is 0 Å². The summed E-state index contributed by atoms with van der Waals surface area (Å²) in [5.74, 6) is 1.47. The SMILES string of the molecule is CCCC(CCS(=O)(=O)C(C)C)CNCC(C)C. The van der Waals surface area contributed by atoms with E-state index in [0.717, 1.165) is 32.4 Å². The molecule has 0 rings (SSSR count). The summed E-state index contributed by atoms with van der Waals surface area (Å²) in [5, 5.41) is 3.19. The molecule has 1 N–H and O–H groups in total. The van der Waals surface area contributed by atoms with Crippen LogP contribution in [0, 0.1) is 11.8 Å². The van der Waals surface area contributed by atoms with E-state index >= 15 is 0 Å². The molecule has 0 spiro atoms. The first kappa shape index (κ1) is 17.9. The minimum Gasteiger partial charge on any atom is -0.316 e. The number of rotatable bonds is 10. The van der Waals surface area contributed by atoms with Gasteiger partial charge < -0.3 is 5.32 Å². The van der Waals surface area contributed by atoms with E-state index in [1.807, 2.05) is 0 Å². The highest BCUT2D eigenvalue weighted by Crippen LogP contribution is 2.14. The Hall–Kier alpha value is -0.0900. The van der Waals surface area contributed by atoms with Crippen LogP contribution < -0.4 is 5.32 Å². The molecule has 0 bridgehead atoms. The van der Waals surface area contributed by atoms with Gasteiger partial charge in [0.2, 0.25) is 0 Å². The zero-order valence-electron chi connectivity index (χ0n) is 12.7. The molecule has 0 saturated heterocycles. The molecule has 0 aromatic carbocycles. The molecule has 4 heteroatoms. The highest BCUT2D eigenvalue weighted by atomic mass is 32.2. The molecule has 0 aromatic rings. The van der Waals surface area contributed by atoms with Crippen molar-refractivity contribution < 1.29 is 8.42 Å². The van der Waals surface area contributed by atoms with Crippen molar-refractivity contribution in [1.29, 1.82) is 0 Å². The molecule has 1 unspecified atom stereocenters. The van der Waals surface area contributed by atoms with Gasteiger partial charge >= 0.3 is 0 Å². The number of sulfone groups is 1. The molecule has 1 atom stereocenters. The maximum absolute atomic E-state index is 11.8. The van der Waals surface area contributed by atoms with E-state index in [4.69, 9.17) is 0 Å². The predicted octanol–water partition coefficient (Wildman–Crippen LogP) is 2.86. The second kappa shape index (κ2) is 8.92. The molecule has 0 heterocycles. The van der Waals surface area contributed by atoms with Crippen molar-refractivity contribution in [3.63, 3.8) is 0 Å². The molecule has 3 nitrogen and oxygen atoms in total. The van der Waals surface area contributed by atoms with Gasteiger partial charge in [-0.3, -0.25) is 0 Å². The van der Waals surface area contributed by atoms with Gasteiger partial charge in [-0.1, -0.05) is 27.2 Å². The molecule has 0 radical (unpaired) electrons. The van der Waals surface area contributed by atoms with E-state index in [1.165, 1.54) is 0 Å². The molecule has 18 heavy (non-hydrogen) atoms. The summed E-state index contributed by atoms with van der Waals surface area (Å²) in [6, 6.07) is 0. The normalized spacial score (nSPS) is 14.4. The summed E-state index contributed by atoms with van der Waals surface area (Å²) >= 11 is 0. The molecule has 0 saturated carbocycles. The quantitative estimate of drug-likeness (QED) is 0.668. The number of hydrogen-bond donors (Lipinski definition) is 1. The van der Waals surface area contributed by atoms with Crippen LogP contribution in [-0.4, -0.2) is 32.5 Å². The van der Waals surface area contributed by atoms with E-state index < -0.39 is 9.84 Å². The Morgan fingerprint density at radius 1 is 1.00 bits per heavy atom. The zero-order valence-corrected chi connectivity index (χ0v) is 13.5. The fourth-order valence-corrected chi connectivity index (χ4v) is 3.03. The largest absolute Gasteiger partial charge is 0.316 e. The molecule has 0 aliphatic rings. The van der Waals surface area contributed by atoms with Crippen LogP contribution in [0.2, 0.25) is 0 Å². The lowest BCUT2D eigenvalue weighted by atomic mass is 10.0. The van der Waals surface area contributed by atoms with Crippen LogP contribution in [0.25, 0.3) is 0 Å². The van der Waals surface area contributed by atoms with E-state index in [2.05, 4.69) is 26.1 Å². The summed E-state index contributed by atoms with van der Waals surface area (Å²) in [6.45, 7) is 12.0. The predicted molar refractivity (Wildman–Crippen MR) is 79.6 cm³/mol. The molecular formula is C14H31NO2S. The summed E-state index contributed by atoms with van der Waals surface area (Å²) in [6.07, 6.45) is 3.02. The third kappa shape index (κ3) is 8.09. The van der Waals surface area contributed by atoms with Crippen molar-refractivity contribution in [1.82, 2.24) is 5.32 Å². The van der Waals surface area contributed by atoms with Crippen molar-refractivity contribution in [2.45, 2.75) is 59.1 Å². The Balaban J connectivity index is 4.11. The van der Waals surface area contributed by atoms with E-state index in [-0.39, 0.29) is 5.25 Å². The fourth-order valence-electron chi connectivity index (χ4n) is 1.90.